The van der Waals surface area contributed by atoms with Crippen LogP contribution in [-0.4, -0.2) is 26.8 Å². The first kappa shape index (κ1) is 15.7. The highest BCUT2D eigenvalue weighted by atomic mass is 79.9. The number of aryl methyl sites for hydroxylation is 1. The standard InChI is InChI=1S/C16H16BrN3O3/c17-12-6-2-1-5-10(12)14(16(22)23)19-15(21)11-9-18-20-8-4-3-7-13(11)20/h1-2,5-6,9,14H,3-4,7-8H2,(H,19,21)(H,22,23). The van der Waals surface area contributed by atoms with Crippen LogP contribution < -0.4 is 5.32 Å². The number of rotatable bonds is 4. The Kier molecular flexibility index (Phi) is 4.47. The number of fused-ring (bicyclic) bond motifs is 1. The number of hydrogen-bond acceptors (Lipinski definition) is 3. The number of carbonyl (C=O) groups is 2. The van der Waals surface area contributed by atoms with Crippen LogP contribution in [0.5, 0.6) is 0 Å². The SMILES string of the molecule is O=C(NC(C(=O)O)c1ccccc1Br)c1cnn2c1CCCC2. The molecule has 1 atom stereocenters. The van der Waals surface area contributed by atoms with Crippen LogP contribution in [-0.2, 0) is 17.8 Å². The van der Waals surface area contributed by atoms with Gasteiger partial charge in [0.05, 0.1) is 17.5 Å². The molecule has 6 nitrogen and oxygen atoms in total. The van der Waals surface area contributed by atoms with E-state index in [0.29, 0.717) is 15.6 Å². The Hall–Kier alpha value is -2.15. The molecule has 0 aliphatic carbocycles. The summed E-state index contributed by atoms with van der Waals surface area (Å²) in [6, 6.07) is 5.85. The fourth-order valence-corrected chi connectivity index (χ4v) is 3.32. The van der Waals surface area contributed by atoms with Gasteiger partial charge in [-0.05, 0) is 30.9 Å². The lowest BCUT2D eigenvalue weighted by Gasteiger charge is -2.18. The average molecular weight is 378 g/mol. The summed E-state index contributed by atoms with van der Waals surface area (Å²) < 4.78 is 2.47. The second-order valence-electron chi connectivity index (χ2n) is 5.45. The summed E-state index contributed by atoms with van der Waals surface area (Å²) in [7, 11) is 0. The highest BCUT2D eigenvalue weighted by Gasteiger charge is 2.27. The Morgan fingerprint density at radius 3 is 2.83 bits per heavy atom. The van der Waals surface area contributed by atoms with Gasteiger partial charge >= 0.3 is 5.97 Å². The number of carboxylic acid groups (broad SMARTS) is 1. The van der Waals surface area contributed by atoms with Crippen LogP contribution >= 0.6 is 15.9 Å². The van der Waals surface area contributed by atoms with E-state index in [9.17, 15) is 14.7 Å². The zero-order valence-electron chi connectivity index (χ0n) is 12.3. The van der Waals surface area contributed by atoms with E-state index in [1.54, 1.807) is 24.3 Å². The number of aliphatic carboxylic acids is 1. The van der Waals surface area contributed by atoms with Gasteiger partial charge in [-0.1, -0.05) is 34.1 Å². The molecule has 120 valence electrons. The maximum absolute atomic E-state index is 12.5. The number of halogens is 1. The van der Waals surface area contributed by atoms with Crippen molar-refractivity contribution in [1.82, 2.24) is 15.1 Å². The van der Waals surface area contributed by atoms with Gasteiger partial charge in [0.2, 0.25) is 0 Å². The summed E-state index contributed by atoms with van der Waals surface area (Å²) in [6.45, 7) is 0.801. The van der Waals surface area contributed by atoms with Crippen LogP contribution in [0.3, 0.4) is 0 Å². The molecule has 1 aliphatic heterocycles. The fourth-order valence-electron chi connectivity index (χ4n) is 2.80. The second-order valence-corrected chi connectivity index (χ2v) is 6.31. The van der Waals surface area contributed by atoms with Crippen LogP contribution in [0.15, 0.2) is 34.9 Å². The molecule has 1 aliphatic rings. The van der Waals surface area contributed by atoms with Crippen LogP contribution in [0, 0.1) is 0 Å². The Morgan fingerprint density at radius 2 is 2.09 bits per heavy atom. The molecule has 23 heavy (non-hydrogen) atoms. The lowest BCUT2D eigenvalue weighted by molar-refractivity contribution is -0.139. The summed E-state index contributed by atoms with van der Waals surface area (Å²) in [5, 5.41) is 16.3. The van der Waals surface area contributed by atoms with Crippen molar-refractivity contribution in [2.45, 2.75) is 31.8 Å². The van der Waals surface area contributed by atoms with Gasteiger partial charge in [0.15, 0.2) is 6.04 Å². The normalized spacial score (nSPS) is 14.8. The van der Waals surface area contributed by atoms with Gasteiger partial charge in [-0.2, -0.15) is 5.10 Å². The zero-order valence-corrected chi connectivity index (χ0v) is 13.9. The van der Waals surface area contributed by atoms with Crippen molar-refractivity contribution in [3.05, 3.63) is 51.8 Å². The number of carboxylic acids is 1. The number of carbonyl (C=O) groups excluding carboxylic acids is 1. The van der Waals surface area contributed by atoms with E-state index in [1.807, 2.05) is 4.68 Å². The Bertz CT molecular complexity index is 757. The van der Waals surface area contributed by atoms with Crippen molar-refractivity contribution in [3.63, 3.8) is 0 Å². The summed E-state index contributed by atoms with van der Waals surface area (Å²) in [5.74, 6) is -1.51. The van der Waals surface area contributed by atoms with Crippen molar-refractivity contribution >= 4 is 27.8 Å². The van der Waals surface area contributed by atoms with E-state index in [-0.39, 0.29) is 0 Å². The summed E-state index contributed by atoms with van der Waals surface area (Å²) in [4.78, 5) is 24.1. The zero-order chi connectivity index (χ0) is 16.4. The van der Waals surface area contributed by atoms with E-state index >= 15 is 0 Å². The lowest BCUT2D eigenvalue weighted by atomic mass is 10.0. The molecule has 0 fully saturated rings. The molecule has 2 N–H and O–H groups in total. The number of amides is 1. The molecule has 1 aromatic carbocycles. The molecule has 0 saturated heterocycles. The van der Waals surface area contributed by atoms with E-state index < -0.39 is 17.9 Å². The third-order valence-electron chi connectivity index (χ3n) is 3.97. The highest BCUT2D eigenvalue weighted by molar-refractivity contribution is 9.10. The molecule has 2 aromatic rings. The number of aromatic nitrogens is 2. The molecule has 1 aromatic heterocycles. The maximum atomic E-state index is 12.5. The van der Waals surface area contributed by atoms with Crippen LogP contribution in [0.25, 0.3) is 0 Å². The number of nitrogens with one attached hydrogen (secondary N) is 1. The molecular weight excluding hydrogens is 362 g/mol. The lowest BCUT2D eigenvalue weighted by Crippen LogP contribution is -2.34. The second kappa shape index (κ2) is 6.54. The van der Waals surface area contributed by atoms with Crippen molar-refractivity contribution < 1.29 is 14.7 Å². The van der Waals surface area contributed by atoms with Gasteiger partial charge in [0.1, 0.15) is 0 Å². The molecule has 0 spiro atoms. The third-order valence-corrected chi connectivity index (χ3v) is 4.69. The number of benzene rings is 1. The van der Waals surface area contributed by atoms with Crippen LogP contribution in [0.1, 0.15) is 40.5 Å². The minimum Gasteiger partial charge on any atom is -0.479 e. The molecule has 7 heteroatoms. The van der Waals surface area contributed by atoms with Crippen molar-refractivity contribution in [2.75, 3.05) is 0 Å². The van der Waals surface area contributed by atoms with Gasteiger partial charge in [0.25, 0.3) is 5.91 Å². The first-order valence-electron chi connectivity index (χ1n) is 7.40. The molecule has 0 saturated carbocycles. The largest absolute Gasteiger partial charge is 0.479 e. The van der Waals surface area contributed by atoms with Crippen molar-refractivity contribution in [2.24, 2.45) is 0 Å². The average Bonchev–Trinajstić information content (AvgIpc) is 2.97. The first-order chi connectivity index (χ1) is 11.1. The molecule has 0 bridgehead atoms. The number of hydrogen-bond donors (Lipinski definition) is 2. The molecule has 0 radical (unpaired) electrons. The smallest absolute Gasteiger partial charge is 0.330 e. The predicted molar refractivity (Wildman–Crippen MR) is 87.2 cm³/mol. The van der Waals surface area contributed by atoms with E-state index in [1.165, 1.54) is 6.20 Å². The quantitative estimate of drug-likeness (QED) is 0.857. The van der Waals surface area contributed by atoms with Crippen LogP contribution in [0.2, 0.25) is 0 Å². The van der Waals surface area contributed by atoms with E-state index in [0.717, 1.165) is 31.5 Å². The molecule has 1 amide bonds. The Morgan fingerprint density at radius 1 is 1.30 bits per heavy atom. The van der Waals surface area contributed by atoms with Gasteiger partial charge in [-0.3, -0.25) is 9.48 Å². The van der Waals surface area contributed by atoms with Gasteiger partial charge in [0, 0.05) is 11.0 Å². The van der Waals surface area contributed by atoms with Crippen LogP contribution in [0.4, 0.5) is 0 Å². The van der Waals surface area contributed by atoms with Gasteiger partial charge in [-0.25, -0.2) is 4.79 Å². The van der Waals surface area contributed by atoms with Crippen molar-refractivity contribution in [3.8, 4) is 0 Å². The minimum atomic E-state index is -1.11. The Labute approximate surface area is 141 Å². The summed E-state index contributed by atoms with van der Waals surface area (Å²) in [5.41, 5.74) is 1.85. The van der Waals surface area contributed by atoms with E-state index in [4.69, 9.17) is 0 Å². The first-order valence-corrected chi connectivity index (χ1v) is 8.20. The molecule has 1 unspecified atom stereocenters. The maximum Gasteiger partial charge on any atom is 0.330 e. The predicted octanol–water partition coefficient (Wildman–Crippen LogP) is 2.54. The highest BCUT2D eigenvalue weighted by Crippen LogP contribution is 2.25. The summed E-state index contributed by atoms with van der Waals surface area (Å²) in [6.07, 6.45) is 4.37. The van der Waals surface area contributed by atoms with E-state index in [2.05, 4.69) is 26.3 Å². The molecular formula is C16H16BrN3O3. The summed E-state index contributed by atoms with van der Waals surface area (Å²) >= 11 is 3.33. The van der Waals surface area contributed by atoms with Gasteiger partial charge in [-0.15, -0.1) is 0 Å². The monoisotopic (exact) mass is 377 g/mol. The fraction of sp³-hybridized carbons (Fsp3) is 0.312. The number of nitrogens with zero attached hydrogens (tertiary/aromatic N) is 2. The Balaban J connectivity index is 1.86. The third kappa shape index (κ3) is 3.14. The topological polar surface area (TPSA) is 84.2 Å². The van der Waals surface area contributed by atoms with Gasteiger partial charge < -0.3 is 10.4 Å². The van der Waals surface area contributed by atoms with Crippen molar-refractivity contribution in [1.29, 1.82) is 0 Å². The molecule has 2 heterocycles. The molecule has 3 rings (SSSR count). The minimum absolute atomic E-state index is 0.406.